The van der Waals surface area contributed by atoms with Crippen molar-refractivity contribution in [3.63, 3.8) is 0 Å². The molecule has 5 heteroatoms. The first kappa shape index (κ1) is 19.2. The molecule has 27 heavy (non-hydrogen) atoms. The molecule has 1 aliphatic heterocycles. The third kappa shape index (κ3) is 4.42. The molecule has 2 heterocycles. The van der Waals surface area contributed by atoms with Gasteiger partial charge in [-0.3, -0.25) is 4.79 Å². The van der Waals surface area contributed by atoms with Crippen molar-refractivity contribution in [1.29, 1.82) is 0 Å². The molecule has 0 radical (unpaired) electrons. The Labute approximate surface area is 160 Å². The number of ether oxygens (including phenoxy) is 1. The van der Waals surface area contributed by atoms with Gasteiger partial charge in [0.05, 0.1) is 24.9 Å². The quantitative estimate of drug-likeness (QED) is 0.762. The molecular weight excluding hydrogens is 342 g/mol. The van der Waals surface area contributed by atoms with E-state index in [1.807, 2.05) is 0 Å². The number of furan rings is 1. The number of quaternary nitrogens is 1. The van der Waals surface area contributed by atoms with E-state index in [4.69, 9.17) is 9.15 Å². The second kappa shape index (κ2) is 8.01. The normalized spacial score (nSPS) is 15.2. The van der Waals surface area contributed by atoms with Crippen LogP contribution in [0.15, 0.2) is 40.7 Å². The smallest absolute Gasteiger partial charge is 0.232 e. The molecular formula is C22H27NO4. The fourth-order valence-corrected chi connectivity index (χ4v) is 3.59. The van der Waals surface area contributed by atoms with E-state index in [-0.39, 0.29) is 17.3 Å². The zero-order chi connectivity index (χ0) is 19.6. The molecule has 1 N–H and O–H groups in total. The van der Waals surface area contributed by atoms with Crippen LogP contribution in [0, 0.1) is 11.8 Å². The number of hydrogen-bond donors (Lipinski definition) is 1. The number of carbonyl (C=O) groups excluding carboxylic acids is 1. The first-order chi connectivity index (χ1) is 12.8. The van der Waals surface area contributed by atoms with Crippen molar-refractivity contribution in [2.75, 3.05) is 13.1 Å². The number of benzene rings is 1. The SMILES string of the molecule is CC(C)C[NH+](Cc1c([O-])ccc2c1O/C(=C\c1ccco1)C2=O)CC(C)C. The lowest BCUT2D eigenvalue weighted by Gasteiger charge is -2.26. The molecule has 0 spiro atoms. The number of Topliss-reactive ketones (excluding diaryl/α,β-unsaturated/α-hetero) is 1. The van der Waals surface area contributed by atoms with E-state index in [1.54, 1.807) is 30.5 Å². The zero-order valence-corrected chi connectivity index (χ0v) is 16.4. The summed E-state index contributed by atoms with van der Waals surface area (Å²) in [7, 11) is 0. The van der Waals surface area contributed by atoms with Crippen LogP contribution < -0.4 is 14.7 Å². The standard InChI is InChI=1S/C22H27NO4/c1-14(2)11-23(12-15(3)4)13-18-19(24)8-7-17-21(25)20(27-22(17)18)10-16-6-5-9-26-16/h5-10,14-15,24H,11-13H2,1-4H3/b20-10-. The predicted molar refractivity (Wildman–Crippen MR) is 102 cm³/mol. The van der Waals surface area contributed by atoms with Crippen LogP contribution in [0.1, 0.15) is 49.4 Å². The van der Waals surface area contributed by atoms with Crippen LogP contribution in [-0.2, 0) is 6.54 Å². The molecule has 0 saturated heterocycles. The van der Waals surface area contributed by atoms with Gasteiger partial charge in [-0.25, -0.2) is 0 Å². The molecule has 0 aliphatic carbocycles. The van der Waals surface area contributed by atoms with Gasteiger partial charge in [0.25, 0.3) is 0 Å². The maximum atomic E-state index is 12.7. The largest absolute Gasteiger partial charge is 0.872 e. The highest BCUT2D eigenvalue weighted by Gasteiger charge is 2.31. The second-order valence-electron chi connectivity index (χ2n) is 8.00. The van der Waals surface area contributed by atoms with Crippen molar-refractivity contribution in [2.24, 2.45) is 11.8 Å². The van der Waals surface area contributed by atoms with E-state index in [2.05, 4.69) is 27.7 Å². The Kier molecular flexibility index (Phi) is 5.71. The number of rotatable bonds is 7. The van der Waals surface area contributed by atoms with Crippen LogP contribution in [0.25, 0.3) is 6.08 Å². The van der Waals surface area contributed by atoms with Gasteiger partial charge < -0.3 is 19.2 Å². The van der Waals surface area contributed by atoms with Crippen molar-refractivity contribution < 1.29 is 24.0 Å². The first-order valence-corrected chi connectivity index (χ1v) is 9.49. The van der Waals surface area contributed by atoms with Crippen molar-refractivity contribution in [3.05, 3.63) is 53.2 Å². The lowest BCUT2D eigenvalue weighted by Crippen LogP contribution is -3.11. The van der Waals surface area contributed by atoms with E-state index in [0.29, 0.717) is 41.0 Å². The molecule has 5 nitrogen and oxygen atoms in total. The summed E-state index contributed by atoms with van der Waals surface area (Å²) in [6.07, 6.45) is 3.11. The molecule has 0 bridgehead atoms. The second-order valence-corrected chi connectivity index (χ2v) is 8.00. The van der Waals surface area contributed by atoms with Crippen molar-refractivity contribution >= 4 is 11.9 Å². The summed E-state index contributed by atoms with van der Waals surface area (Å²) >= 11 is 0. The molecule has 144 valence electrons. The van der Waals surface area contributed by atoms with E-state index < -0.39 is 0 Å². The zero-order valence-electron chi connectivity index (χ0n) is 16.4. The van der Waals surface area contributed by atoms with Gasteiger partial charge in [0.15, 0.2) is 5.76 Å². The Bertz CT molecular complexity index is 824. The summed E-state index contributed by atoms with van der Waals surface area (Å²) in [4.78, 5) is 14.0. The Hall–Kier alpha value is -2.53. The molecule has 1 aromatic heterocycles. The molecule has 0 unspecified atom stereocenters. The van der Waals surface area contributed by atoms with E-state index in [0.717, 1.165) is 13.1 Å². The van der Waals surface area contributed by atoms with Crippen LogP contribution in [0.4, 0.5) is 0 Å². The fraction of sp³-hybridized carbons (Fsp3) is 0.409. The predicted octanol–water partition coefficient (Wildman–Crippen LogP) is 2.67. The van der Waals surface area contributed by atoms with Crippen LogP contribution in [0.3, 0.4) is 0 Å². The minimum Gasteiger partial charge on any atom is -0.872 e. The number of ketones is 1. The van der Waals surface area contributed by atoms with Gasteiger partial charge in [-0.1, -0.05) is 39.5 Å². The molecule has 0 saturated carbocycles. The third-order valence-corrected chi connectivity index (χ3v) is 4.54. The molecule has 0 atom stereocenters. The molecule has 2 aromatic rings. The highest BCUT2D eigenvalue weighted by atomic mass is 16.5. The third-order valence-electron chi connectivity index (χ3n) is 4.54. The first-order valence-electron chi connectivity index (χ1n) is 9.49. The minimum absolute atomic E-state index is 0.0780. The van der Waals surface area contributed by atoms with Crippen LogP contribution in [0.2, 0.25) is 0 Å². The topological polar surface area (TPSA) is 66.9 Å². The van der Waals surface area contributed by atoms with Crippen molar-refractivity contribution in [3.8, 4) is 11.5 Å². The van der Waals surface area contributed by atoms with E-state index in [1.165, 1.54) is 11.0 Å². The number of hydrogen-bond acceptors (Lipinski definition) is 4. The van der Waals surface area contributed by atoms with Gasteiger partial charge in [-0.05, 0) is 18.2 Å². The monoisotopic (exact) mass is 369 g/mol. The van der Waals surface area contributed by atoms with Crippen LogP contribution >= 0.6 is 0 Å². The van der Waals surface area contributed by atoms with Gasteiger partial charge in [-0.15, -0.1) is 0 Å². The fourth-order valence-electron chi connectivity index (χ4n) is 3.59. The van der Waals surface area contributed by atoms with Gasteiger partial charge in [0, 0.05) is 23.5 Å². The lowest BCUT2D eigenvalue weighted by molar-refractivity contribution is -0.919. The Morgan fingerprint density at radius 3 is 2.41 bits per heavy atom. The average molecular weight is 369 g/mol. The Morgan fingerprint density at radius 1 is 1.11 bits per heavy atom. The highest BCUT2D eigenvalue weighted by molar-refractivity contribution is 6.14. The molecule has 0 fully saturated rings. The summed E-state index contributed by atoms with van der Waals surface area (Å²) < 4.78 is 11.1. The minimum atomic E-state index is -0.211. The maximum absolute atomic E-state index is 12.7. The molecule has 1 aromatic carbocycles. The Balaban J connectivity index is 1.92. The van der Waals surface area contributed by atoms with E-state index in [9.17, 15) is 9.90 Å². The number of carbonyl (C=O) groups is 1. The maximum Gasteiger partial charge on any atom is 0.232 e. The van der Waals surface area contributed by atoms with E-state index >= 15 is 0 Å². The molecule has 1 aliphatic rings. The average Bonchev–Trinajstić information content (AvgIpc) is 3.18. The van der Waals surface area contributed by atoms with Crippen LogP contribution in [-0.4, -0.2) is 18.9 Å². The number of allylic oxidation sites excluding steroid dienone is 1. The molecule has 0 amide bonds. The van der Waals surface area contributed by atoms with Crippen molar-refractivity contribution in [2.45, 2.75) is 34.2 Å². The summed E-state index contributed by atoms with van der Waals surface area (Å²) in [5.74, 6) is 1.89. The lowest BCUT2D eigenvalue weighted by atomic mass is 10.0. The summed E-state index contributed by atoms with van der Waals surface area (Å²) in [5.41, 5.74) is 1.04. The van der Waals surface area contributed by atoms with Gasteiger partial charge >= 0.3 is 0 Å². The van der Waals surface area contributed by atoms with Gasteiger partial charge in [0.1, 0.15) is 18.1 Å². The van der Waals surface area contributed by atoms with Crippen LogP contribution in [0.5, 0.6) is 11.5 Å². The van der Waals surface area contributed by atoms with Gasteiger partial charge in [-0.2, -0.15) is 0 Å². The summed E-state index contributed by atoms with van der Waals surface area (Å²) in [6.45, 7) is 11.2. The summed E-state index contributed by atoms with van der Waals surface area (Å²) in [6, 6.07) is 6.55. The van der Waals surface area contributed by atoms with Gasteiger partial charge in [0.2, 0.25) is 5.78 Å². The highest BCUT2D eigenvalue weighted by Crippen LogP contribution is 2.38. The summed E-state index contributed by atoms with van der Waals surface area (Å²) in [5, 5.41) is 12.6. The Morgan fingerprint density at radius 2 is 1.81 bits per heavy atom. The number of fused-ring (bicyclic) bond motifs is 1. The van der Waals surface area contributed by atoms with Crippen molar-refractivity contribution in [1.82, 2.24) is 0 Å². The number of nitrogens with one attached hydrogen (secondary N) is 1. The molecule has 3 rings (SSSR count).